The number of hydrogen-bond acceptors (Lipinski definition) is 4. The second kappa shape index (κ2) is 9.77. The molecule has 2 atom stereocenters. The van der Waals surface area contributed by atoms with Crippen LogP contribution in [0.1, 0.15) is 35.9 Å². The Bertz CT molecular complexity index is 598. The first-order valence-electron chi connectivity index (χ1n) is 8.44. The smallest absolute Gasteiger partial charge is 0.123 e. The highest BCUT2D eigenvalue weighted by atomic mass is 32.1. The molecule has 1 aromatic carbocycles. The lowest BCUT2D eigenvalue weighted by molar-refractivity contribution is 0.119. The maximum absolute atomic E-state index is 12.8. The maximum atomic E-state index is 12.8. The summed E-state index contributed by atoms with van der Waals surface area (Å²) in [5.74, 6) is 0.594. The molecule has 0 aliphatic heterocycles. The van der Waals surface area contributed by atoms with Crippen LogP contribution in [0.2, 0.25) is 0 Å². The molecule has 2 aromatic rings. The Labute approximate surface area is 147 Å². The number of aliphatic hydroxyl groups is 1. The molecule has 0 aliphatic carbocycles. The van der Waals surface area contributed by atoms with Gasteiger partial charge >= 0.3 is 0 Å². The van der Waals surface area contributed by atoms with Gasteiger partial charge in [0, 0.05) is 9.75 Å². The van der Waals surface area contributed by atoms with Crippen molar-refractivity contribution < 1.29 is 14.2 Å². The molecule has 1 heterocycles. The third-order valence-electron chi connectivity index (χ3n) is 4.05. The van der Waals surface area contributed by atoms with Crippen LogP contribution in [0.25, 0.3) is 0 Å². The lowest BCUT2D eigenvalue weighted by atomic mass is 10.0. The number of halogens is 1. The van der Waals surface area contributed by atoms with Crippen molar-refractivity contribution in [2.24, 2.45) is 11.7 Å². The van der Waals surface area contributed by atoms with Crippen LogP contribution in [0.15, 0.2) is 36.4 Å². The zero-order valence-electron chi connectivity index (χ0n) is 14.1. The average Bonchev–Trinajstić information content (AvgIpc) is 3.01. The lowest BCUT2D eigenvalue weighted by Gasteiger charge is -2.13. The van der Waals surface area contributed by atoms with Crippen molar-refractivity contribution in [3.8, 4) is 5.75 Å². The van der Waals surface area contributed by atoms with Gasteiger partial charge in [0.1, 0.15) is 17.8 Å². The van der Waals surface area contributed by atoms with Crippen LogP contribution in [0.3, 0.4) is 0 Å². The van der Waals surface area contributed by atoms with Gasteiger partial charge in [-0.05, 0) is 74.4 Å². The van der Waals surface area contributed by atoms with Crippen LogP contribution in [-0.4, -0.2) is 17.9 Å². The van der Waals surface area contributed by atoms with Crippen LogP contribution in [0.5, 0.6) is 5.75 Å². The summed E-state index contributed by atoms with van der Waals surface area (Å²) in [6.45, 7) is 2.62. The molecule has 3 nitrogen and oxygen atoms in total. The van der Waals surface area contributed by atoms with E-state index in [1.807, 2.05) is 18.3 Å². The predicted molar refractivity (Wildman–Crippen MR) is 96.8 cm³/mol. The van der Waals surface area contributed by atoms with E-state index in [2.05, 4.69) is 12.1 Å². The Morgan fingerprint density at radius 1 is 1.08 bits per heavy atom. The molecule has 0 amide bonds. The topological polar surface area (TPSA) is 55.5 Å². The molecular formula is C19H26FNO2S. The van der Waals surface area contributed by atoms with E-state index in [-0.39, 0.29) is 11.7 Å². The van der Waals surface area contributed by atoms with Crippen molar-refractivity contribution in [3.63, 3.8) is 0 Å². The van der Waals surface area contributed by atoms with Crippen molar-refractivity contribution in [2.75, 3.05) is 6.61 Å². The zero-order chi connectivity index (χ0) is 17.4. The SMILES string of the molecule is C[C@H](CCc1ccc(CCCCOc2ccc(F)cc2)s1)C(N)O. The fraction of sp³-hybridized carbons (Fsp3) is 0.474. The summed E-state index contributed by atoms with van der Waals surface area (Å²) in [7, 11) is 0. The number of hydrogen-bond donors (Lipinski definition) is 2. The molecule has 5 heteroatoms. The van der Waals surface area contributed by atoms with Crippen LogP contribution in [0.4, 0.5) is 4.39 Å². The third-order valence-corrected chi connectivity index (χ3v) is 5.25. The molecule has 3 N–H and O–H groups in total. The molecule has 0 bridgehead atoms. The van der Waals surface area contributed by atoms with Crippen LogP contribution in [0, 0.1) is 11.7 Å². The summed E-state index contributed by atoms with van der Waals surface area (Å²) in [5, 5.41) is 9.32. The Morgan fingerprint density at radius 3 is 2.42 bits per heavy atom. The highest BCUT2D eigenvalue weighted by Gasteiger charge is 2.10. The molecule has 0 spiro atoms. The van der Waals surface area contributed by atoms with Gasteiger partial charge in [-0.1, -0.05) is 6.92 Å². The van der Waals surface area contributed by atoms with E-state index in [9.17, 15) is 9.50 Å². The average molecular weight is 351 g/mol. The predicted octanol–water partition coefficient (Wildman–Crippen LogP) is 4.13. The molecule has 1 aromatic heterocycles. The van der Waals surface area contributed by atoms with Crippen LogP contribution >= 0.6 is 11.3 Å². The normalized spacial score (nSPS) is 13.7. The van der Waals surface area contributed by atoms with Crippen molar-refractivity contribution in [1.82, 2.24) is 0 Å². The molecule has 0 fully saturated rings. The fourth-order valence-corrected chi connectivity index (χ4v) is 3.43. The number of rotatable bonds is 10. The number of nitrogens with two attached hydrogens (primary N) is 1. The second-order valence-electron chi connectivity index (χ2n) is 6.13. The van der Waals surface area contributed by atoms with E-state index in [0.717, 1.165) is 32.1 Å². The number of aliphatic hydroxyl groups excluding tert-OH is 1. The van der Waals surface area contributed by atoms with Gasteiger partial charge in [0.2, 0.25) is 0 Å². The summed E-state index contributed by atoms with van der Waals surface area (Å²) in [4.78, 5) is 2.73. The Morgan fingerprint density at radius 2 is 1.75 bits per heavy atom. The third kappa shape index (κ3) is 6.59. The lowest BCUT2D eigenvalue weighted by Crippen LogP contribution is -2.27. The number of unbranched alkanes of at least 4 members (excludes halogenated alkanes) is 1. The van der Waals surface area contributed by atoms with Gasteiger partial charge in [0.25, 0.3) is 0 Å². The largest absolute Gasteiger partial charge is 0.494 e. The summed E-state index contributed by atoms with van der Waals surface area (Å²) in [6.07, 6.45) is 4.23. The molecule has 0 saturated carbocycles. The van der Waals surface area contributed by atoms with Gasteiger partial charge in [-0.25, -0.2) is 4.39 Å². The van der Waals surface area contributed by atoms with Crippen molar-refractivity contribution in [3.05, 3.63) is 52.0 Å². The maximum Gasteiger partial charge on any atom is 0.123 e. The molecule has 0 radical (unpaired) electrons. The number of thiophene rings is 1. The van der Waals surface area contributed by atoms with E-state index in [4.69, 9.17) is 10.5 Å². The van der Waals surface area contributed by atoms with Gasteiger partial charge in [0.05, 0.1) is 6.61 Å². The summed E-state index contributed by atoms with van der Waals surface area (Å²) >= 11 is 1.84. The Hall–Kier alpha value is -1.43. The Kier molecular flexibility index (Phi) is 7.69. The van der Waals surface area contributed by atoms with Gasteiger partial charge in [-0.15, -0.1) is 11.3 Å². The minimum Gasteiger partial charge on any atom is -0.494 e. The summed E-state index contributed by atoms with van der Waals surface area (Å²) in [5.41, 5.74) is 5.48. The number of benzene rings is 1. The quantitative estimate of drug-likeness (QED) is 0.500. The second-order valence-corrected chi connectivity index (χ2v) is 7.39. The molecule has 24 heavy (non-hydrogen) atoms. The first kappa shape index (κ1) is 18.9. The number of ether oxygens (including phenoxy) is 1. The minimum atomic E-state index is -0.731. The highest BCUT2D eigenvalue weighted by Crippen LogP contribution is 2.22. The highest BCUT2D eigenvalue weighted by molar-refractivity contribution is 7.11. The first-order valence-corrected chi connectivity index (χ1v) is 9.26. The van der Waals surface area contributed by atoms with E-state index in [0.29, 0.717) is 12.4 Å². The van der Waals surface area contributed by atoms with Gasteiger partial charge in [0.15, 0.2) is 0 Å². The van der Waals surface area contributed by atoms with Gasteiger partial charge in [-0.2, -0.15) is 0 Å². The van der Waals surface area contributed by atoms with E-state index in [1.54, 1.807) is 12.1 Å². The van der Waals surface area contributed by atoms with E-state index < -0.39 is 6.23 Å². The van der Waals surface area contributed by atoms with Gasteiger partial charge in [-0.3, -0.25) is 0 Å². The molecule has 1 unspecified atom stereocenters. The van der Waals surface area contributed by atoms with Crippen molar-refractivity contribution in [1.29, 1.82) is 0 Å². The molecule has 2 rings (SSSR count). The monoisotopic (exact) mass is 351 g/mol. The standard InChI is InChI=1S/C19H26FNO2S/c1-14(19(21)22)5-10-18-12-11-17(24-18)4-2-3-13-23-16-8-6-15(20)7-9-16/h6-9,11-12,14,19,22H,2-5,10,13,21H2,1H3/t14-,19?/m1/s1. The van der Waals surface area contributed by atoms with E-state index in [1.165, 1.54) is 21.9 Å². The summed E-state index contributed by atoms with van der Waals surface area (Å²) < 4.78 is 18.4. The van der Waals surface area contributed by atoms with Crippen molar-refractivity contribution in [2.45, 2.75) is 45.3 Å². The Balaban J connectivity index is 1.61. The molecule has 132 valence electrons. The van der Waals surface area contributed by atoms with Gasteiger partial charge < -0.3 is 15.6 Å². The zero-order valence-corrected chi connectivity index (χ0v) is 14.9. The minimum absolute atomic E-state index is 0.124. The van der Waals surface area contributed by atoms with Crippen LogP contribution in [-0.2, 0) is 12.8 Å². The fourth-order valence-electron chi connectivity index (χ4n) is 2.35. The summed E-state index contributed by atoms with van der Waals surface area (Å²) in [6, 6.07) is 10.5. The van der Waals surface area contributed by atoms with Crippen LogP contribution < -0.4 is 10.5 Å². The van der Waals surface area contributed by atoms with E-state index >= 15 is 0 Å². The molecule has 0 aliphatic rings. The molecular weight excluding hydrogens is 325 g/mol. The number of aryl methyl sites for hydroxylation is 2. The molecule has 0 saturated heterocycles. The van der Waals surface area contributed by atoms with Crippen molar-refractivity contribution >= 4 is 11.3 Å². The first-order chi connectivity index (χ1) is 11.5.